The van der Waals surface area contributed by atoms with E-state index in [-0.39, 0.29) is 24.1 Å². The molecular weight excluding hydrogens is 180 g/mol. The number of rotatable bonds is 2. The van der Waals surface area contributed by atoms with Gasteiger partial charge >= 0.3 is 0 Å². The summed E-state index contributed by atoms with van der Waals surface area (Å²) in [6.45, 7) is 5.02. The topological polar surface area (TPSA) is 43.8 Å². The van der Waals surface area contributed by atoms with Crippen molar-refractivity contribution in [2.24, 2.45) is 0 Å². The molecular formula is C10H20N2O2. The van der Waals surface area contributed by atoms with Crippen molar-refractivity contribution in [1.82, 2.24) is 9.80 Å². The molecule has 0 radical (unpaired) electrons. The van der Waals surface area contributed by atoms with Gasteiger partial charge in [0.2, 0.25) is 5.91 Å². The van der Waals surface area contributed by atoms with Crippen molar-refractivity contribution in [3.8, 4) is 0 Å². The molecule has 1 fully saturated rings. The van der Waals surface area contributed by atoms with Gasteiger partial charge in [-0.25, -0.2) is 0 Å². The molecule has 1 unspecified atom stereocenters. The SMILES string of the molecule is CN1CC(C)(C)N(C)C(CCO)C1=O. The standard InChI is InChI=1S/C10H20N2O2/c1-10(2)7-11(3)9(14)8(5-6-13)12(10)4/h8,13H,5-7H2,1-4H3. The predicted octanol–water partition coefficient (Wildman–Crippen LogP) is -0.0802. The Balaban J connectivity index is 2.84. The number of carbonyl (C=O) groups excluding carboxylic acids is 1. The maximum absolute atomic E-state index is 11.8. The van der Waals surface area contributed by atoms with Gasteiger partial charge in [-0.1, -0.05) is 0 Å². The fourth-order valence-corrected chi connectivity index (χ4v) is 2.05. The number of aliphatic hydroxyl groups is 1. The van der Waals surface area contributed by atoms with Gasteiger partial charge in [0.1, 0.15) is 0 Å². The monoisotopic (exact) mass is 200 g/mol. The lowest BCUT2D eigenvalue weighted by atomic mass is 9.94. The second-order valence-corrected chi connectivity index (χ2v) is 4.65. The minimum Gasteiger partial charge on any atom is -0.396 e. The molecule has 82 valence electrons. The molecule has 1 heterocycles. The van der Waals surface area contributed by atoms with Gasteiger partial charge in [-0.3, -0.25) is 9.69 Å². The quantitative estimate of drug-likeness (QED) is 0.678. The molecule has 0 spiro atoms. The summed E-state index contributed by atoms with van der Waals surface area (Å²) >= 11 is 0. The van der Waals surface area contributed by atoms with Crippen LogP contribution in [0.3, 0.4) is 0 Å². The van der Waals surface area contributed by atoms with Crippen molar-refractivity contribution in [3.05, 3.63) is 0 Å². The predicted molar refractivity (Wildman–Crippen MR) is 55.0 cm³/mol. The third-order valence-electron chi connectivity index (χ3n) is 3.11. The molecule has 0 aromatic carbocycles. The Morgan fingerprint density at radius 2 is 2.07 bits per heavy atom. The number of hydrogen-bond donors (Lipinski definition) is 1. The van der Waals surface area contributed by atoms with Crippen LogP contribution in [0.2, 0.25) is 0 Å². The maximum Gasteiger partial charge on any atom is 0.239 e. The Bertz CT molecular complexity index is 228. The first kappa shape index (κ1) is 11.5. The molecule has 0 aromatic heterocycles. The van der Waals surface area contributed by atoms with Gasteiger partial charge in [0.15, 0.2) is 0 Å². The molecule has 14 heavy (non-hydrogen) atoms. The van der Waals surface area contributed by atoms with Crippen LogP contribution in [0, 0.1) is 0 Å². The fraction of sp³-hybridized carbons (Fsp3) is 0.900. The molecule has 1 aliphatic heterocycles. The first-order chi connectivity index (χ1) is 6.40. The minimum atomic E-state index is -0.172. The molecule has 1 aliphatic rings. The lowest BCUT2D eigenvalue weighted by Crippen LogP contribution is -2.64. The average molecular weight is 200 g/mol. The summed E-state index contributed by atoms with van der Waals surface area (Å²) in [6.07, 6.45) is 0.517. The van der Waals surface area contributed by atoms with Crippen molar-refractivity contribution in [2.75, 3.05) is 27.2 Å². The summed E-state index contributed by atoms with van der Waals surface area (Å²) in [5.74, 6) is 0.112. The number of aliphatic hydroxyl groups excluding tert-OH is 1. The number of amides is 1. The zero-order chi connectivity index (χ0) is 10.9. The Morgan fingerprint density at radius 1 is 1.50 bits per heavy atom. The highest BCUT2D eigenvalue weighted by Crippen LogP contribution is 2.24. The van der Waals surface area contributed by atoms with Gasteiger partial charge in [0.25, 0.3) is 0 Å². The summed E-state index contributed by atoms with van der Waals surface area (Å²) < 4.78 is 0. The largest absolute Gasteiger partial charge is 0.396 e. The highest BCUT2D eigenvalue weighted by Gasteiger charge is 2.40. The van der Waals surface area contributed by atoms with Gasteiger partial charge in [-0.2, -0.15) is 0 Å². The van der Waals surface area contributed by atoms with Crippen LogP contribution in [-0.4, -0.2) is 59.6 Å². The minimum absolute atomic E-state index is 0.0114. The van der Waals surface area contributed by atoms with E-state index in [1.165, 1.54) is 0 Å². The van der Waals surface area contributed by atoms with Crippen molar-refractivity contribution >= 4 is 5.91 Å². The van der Waals surface area contributed by atoms with Crippen molar-refractivity contribution in [1.29, 1.82) is 0 Å². The summed E-state index contributed by atoms with van der Waals surface area (Å²) in [7, 11) is 3.77. The molecule has 1 N–H and O–H groups in total. The number of hydrogen-bond acceptors (Lipinski definition) is 3. The van der Waals surface area contributed by atoms with Crippen LogP contribution in [-0.2, 0) is 4.79 Å². The van der Waals surface area contributed by atoms with Gasteiger partial charge < -0.3 is 10.0 Å². The summed E-state index contributed by atoms with van der Waals surface area (Å²) in [4.78, 5) is 15.6. The molecule has 1 amide bonds. The van der Waals surface area contributed by atoms with Crippen LogP contribution in [0.15, 0.2) is 0 Å². The van der Waals surface area contributed by atoms with E-state index in [1.54, 1.807) is 4.90 Å². The molecule has 0 aromatic rings. The van der Waals surface area contributed by atoms with E-state index >= 15 is 0 Å². The van der Waals surface area contributed by atoms with Crippen LogP contribution < -0.4 is 0 Å². The van der Waals surface area contributed by atoms with Crippen LogP contribution in [0.25, 0.3) is 0 Å². The Labute approximate surface area is 85.5 Å². The van der Waals surface area contributed by atoms with E-state index in [9.17, 15) is 4.79 Å². The van der Waals surface area contributed by atoms with E-state index in [0.717, 1.165) is 6.54 Å². The molecule has 4 heteroatoms. The van der Waals surface area contributed by atoms with Crippen molar-refractivity contribution < 1.29 is 9.90 Å². The third-order valence-corrected chi connectivity index (χ3v) is 3.11. The molecule has 0 aliphatic carbocycles. The van der Waals surface area contributed by atoms with Gasteiger partial charge in [0.05, 0.1) is 6.04 Å². The zero-order valence-corrected chi connectivity index (χ0v) is 9.45. The Kier molecular flexibility index (Phi) is 3.17. The summed E-state index contributed by atoms with van der Waals surface area (Å²) in [5.41, 5.74) is -0.0114. The lowest BCUT2D eigenvalue weighted by molar-refractivity contribution is -0.147. The number of carbonyl (C=O) groups is 1. The first-order valence-corrected chi connectivity index (χ1v) is 4.99. The Morgan fingerprint density at radius 3 is 2.57 bits per heavy atom. The molecule has 4 nitrogen and oxygen atoms in total. The van der Waals surface area contributed by atoms with Crippen LogP contribution >= 0.6 is 0 Å². The van der Waals surface area contributed by atoms with Crippen molar-refractivity contribution in [2.45, 2.75) is 31.8 Å². The second kappa shape index (κ2) is 3.87. The highest BCUT2D eigenvalue weighted by molar-refractivity contribution is 5.82. The van der Waals surface area contributed by atoms with E-state index in [1.807, 2.05) is 14.1 Å². The van der Waals surface area contributed by atoms with Crippen LogP contribution in [0.5, 0.6) is 0 Å². The maximum atomic E-state index is 11.8. The molecule has 1 atom stereocenters. The van der Waals surface area contributed by atoms with Gasteiger partial charge in [0, 0.05) is 25.7 Å². The number of nitrogens with zero attached hydrogens (tertiary/aromatic N) is 2. The summed E-state index contributed by atoms with van der Waals surface area (Å²) in [5, 5.41) is 8.91. The molecule has 0 bridgehead atoms. The average Bonchev–Trinajstić information content (AvgIpc) is 2.09. The molecule has 1 rings (SSSR count). The van der Waals surface area contributed by atoms with Gasteiger partial charge in [-0.05, 0) is 27.3 Å². The zero-order valence-electron chi connectivity index (χ0n) is 9.45. The van der Waals surface area contributed by atoms with E-state index in [0.29, 0.717) is 6.42 Å². The number of likely N-dealkylation sites (N-methyl/N-ethyl adjacent to an activating group) is 2. The molecule has 0 saturated carbocycles. The Hall–Kier alpha value is -0.610. The normalized spacial score (nSPS) is 28.2. The van der Waals surface area contributed by atoms with Crippen LogP contribution in [0.1, 0.15) is 20.3 Å². The lowest BCUT2D eigenvalue weighted by Gasteiger charge is -2.48. The van der Waals surface area contributed by atoms with Crippen molar-refractivity contribution in [3.63, 3.8) is 0 Å². The summed E-state index contributed by atoms with van der Waals surface area (Å²) in [6, 6.07) is -0.172. The van der Waals surface area contributed by atoms with Crippen LogP contribution in [0.4, 0.5) is 0 Å². The smallest absolute Gasteiger partial charge is 0.239 e. The number of piperazine rings is 1. The van der Waals surface area contributed by atoms with E-state index in [2.05, 4.69) is 18.7 Å². The fourth-order valence-electron chi connectivity index (χ4n) is 2.05. The van der Waals surface area contributed by atoms with Gasteiger partial charge in [-0.15, -0.1) is 0 Å². The van der Waals surface area contributed by atoms with E-state index < -0.39 is 0 Å². The second-order valence-electron chi connectivity index (χ2n) is 4.65. The first-order valence-electron chi connectivity index (χ1n) is 4.99. The third kappa shape index (κ3) is 1.91. The highest BCUT2D eigenvalue weighted by atomic mass is 16.3. The van der Waals surface area contributed by atoms with E-state index in [4.69, 9.17) is 5.11 Å². The molecule has 1 saturated heterocycles.